The molecule has 1 aromatic heterocycles. The number of furan rings is 1. The lowest BCUT2D eigenvalue weighted by Gasteiger charge is -2.53. The standard InChI is InChI=1S/C18H28N2O3/c1-4-23-16-11-15(18(16,2)3)19-14-5-8-20(9-6-14)17(21)13-7-10-22-12-13/h7,10,12,14-16,19H,4-6,8-9,11H2,1-3H3/t15-,16+/m1/s1. The van der Waals surface area contributed by atoms with Crippen molar-refractivity contribution < 1.29 is 13.9 Å². The zero-order chi connectivity index (χ0) is 16.4. The second-order valence-electron chi connectivity index (χ2n) is 7.30. The van der Waals surface area contributed by atoms with Crippen molar-refractivity contribution in [1.82, 2.24) is 10.2 Å². The molecule has 23 heavy (non-hydrogen) atoms. The maximum Gasteiger partial charge on any atom is 0.257 e. The van der Waals surface area contributed by atoms with Gasteiger partial charge in [0.15, 0.2) is 0 Å². The lowest BCUT2D eigenvalue weighted by molar-refractivity contribution is -0.117. The number of hydrogen-bond acceptors (Lipinski definition) is 4. The van der Waals surface area contributed by atoms with E-state index in [1.54, 1.807) is 12.3 Å². The Morgan fingerprint density at radius 3 is 2.74 bits per heavy atom. The van der Waals surface area contributed by atoms with Gasteiger partial charge in [-0.2, -0.15) is 0 Å². The van der Waals surface area contributed by atoms with Crippen molar-refractivity contribution >= 4 is 5.91 Å². The summed E-state index contributed by atoms with van der Waals surface area (Å²) in [6, 6.07) is 2.74. The molecule has 2 atom stereocenters. The van der Waals surface area contributed by atoms with Gasteiger partial charge in [0, 0.05) is 37.2 Å². The zero-order valence-corrected chi connectivity index (χ0v) is 14.4. The second-order valence-corrected chi connectivity index (χ2v) is 7.30. The average Bonchev–Trinajstić information content (AvgIpc) is 3.08. The van der Waals surface area contributed by atoms with Crippen LogP contribution in [0.25, 0.3) is 0 Å². The summed E-state index contributed by atoms with van der Waals surface area (Å²) in [6.07, 6.45) is 6.56. The molecule has 0 spiro atoms. The Bertz CT molecular complexity index is 518. The highest BCUT2D eigenvalue weighted by Gasteiger charge is 2.49. The van der Waals surface area contributed by atoms with Gasteiger partial charge in [-0.3, -0.25) is 4.79 Å². The Morgan fingerprint density at radius 2 is 2.17 bits per heavy atom. The molecular weight excluding hydrogens is 292 g/mol. The Hall–Kier alpha value is -1.33. The van der Waals surface area contributed by atoms with E-state index in [-0.39, 0.29) is 11.3 Å². The van der Waals surface area contributed by atoms with Crippen molar-refractivity contribution in [2.24, 2.45) is 5.41 Å². The van der Waals surface area contributed by atoms with E-state index in [0.717, 1.165) is 39.0 Å². The van der Waals surface area contributed by atoms with Crippen molar-refractivity contribution in [2.75, 3.05) is 19.7 Å². The second kappa shape index (κ2) is 6.65. The number of ether oxygens (including phenoxy) is 1. The fraction of sp³-hybridized carbons (Fsp3) is 0.722. The molecule has 1 saturated heterocycles. The number of hydrogen-bond donors (Lipinski definition) is 1. The molecule has 1 N–H and O–H groups in total. The third-order valence-corrected chi connectivity index (χ3v) is 5.53. The maximum atomic E-state index is 12.3. The minimum Gasteiger partial charge on any atom is -0.472 e. The van der Waals surface area contributed by atoms with E-state index in [1.807, 2.05) is 4.90 Å². The lowest BCUT2D eigenvalue weighted by Crippen LogP contribution is -2.63. The molecule has 5 heteroatoms. The third kappa shape index (κ3) is 3.31. The van der Waals surface area contributed by atoms with Gasteiger partial charge in [-0.05, 0) is 32.3 Å². The van der Waals surface area contributed by atoms with Crippen LogP contribution in [0.3, 0.4) is 0 Å². The first-order valence-electron chi connectivity index (χ1n) is 8.71. The van der Waals surface area contributed by atoms with E-state index in [1.165, 1.54) is 6.26 Å². The largest absolute Gasteiger partial charge is 0.472 e. The summed E-state index contributed by atoms with van der Waals surface area (Å²) in [5.41, 5.74) is 0.843. The predicted molar refractivity (Wildman–Crippen MR) is 88.4 cm³/mol. The van der Waals surface area contributed by atoms with E-state index in [0.29, 0.717) is 23.8 Å². The van der Waals surface area contributed by atoms with Crippen LogP contribution in [0.4, 0.5) is 0 Å². The SMILES string of the molecule is CCO[C@H]1C[C@@H](NC2CCN(C(=O)c3ccoc3)CC2)C1(C)C. The summed E-state index contributed by atoms with van der Waals surface area (Å²) in [4.78, 5) is 14.2. The lowest BCUT2D eigenvalue weighted by atomic mass is 9.64. The molecule has 2 fully saturated rings. The highest BCUT2D eigenvalue weighted by molar-refractivity contribution is 5.93. The van der Waals surface area contributed by atoms with E-state index in [4.69, 9.17) is 9.15 Å². The summed E-state index contributed by atoms with van der Waals surface area (Å²) in [5.74, 6) is 0.0811. The van der Waals surface area contributed by atoms with Crippen LogP contribution in [-0.2, 0) is 4.74 Å². The molecule has 1 aliphatic carbocycles. The Kier molecular flexibility index (Phi) is 4.78. The molecule has 0 bridgehead atoms. The van der Waals surface area contributed by atoms with Crippen molar-refractivity contribution in [1.29, 1.82) is 0 Å². The quantitative estimate of drug-likeness (QED) is 0.906. The predicted octanol–water partition coefficient (Wildman–Crippen LogP) is 2.68. The van der Waals surface area contributed by atoms with Crippen molar-refractivity contribution in [3.63, 3.8) is 0 Å². The molecule has 0 radical (unpaired) electrons. The molecule has 1 amide bonds. The Labute approximate surface area is 138 Å². The van der Waals surface area contributed by atoms with Crippen LogP contribution in [0.1, 0.15) is 50.4 Å². The molecular formula is C18H28N2O3. The summed E-state index contributed by atoms with van der Waals surface area (Å²) in [7, 11) is 0. The van der Waals surface area contributed by atoms with Crippen LogP contribution in [0.5, 0.6) is 0 Å². The van der Waals surface area contributed by atoms with E-state index < -0.39 is 0 Å². The van der Waals surface area contributed by atoms with Crippen LogP contribution >= 0.6 is 0 Å². The normalized spacial score (nSPS) is 27.7. The minimum atomic E-state index is 0.0811. The van der Waals surface area contributed by atoms with Crippen molar-refractivity contribution in [3.05, 3.63) is 24.2 Å². The van der Waals surface area contributed by atoms with Gasteiger partial charge in [0.2, 0.25) is 0 Å². The fourth-order valence-corrected chi connectivity index (χ4v) is 3.75. The molecule has 128 valence electrons. The zero-order valence-electron chi connectivity index (χ0n) is 14.4. The monoisotopic (exact) mass is 320 g/mol. The van der Waals surface area contributed by atoms with Gasteiger partial charge in [-0.15, -0.1) is 0 Å². The average molecular weight is 320 g/mol. The number of nitrogens with zero attached hydrogens (tertiary/aromatic N) is 1. The van der Waals surface area contributed by atoms with Crippen LogP contribution < -0.4 is 5.32 Å². The first-order chi connectivity index (χ1) is 11.0. The first kappa shape index (κ1) is 16.5. The molecule has 3 rings (SSSR count). The van der Waals surface area contributed by atoms with Crippen LogP contribution in [0.15, 0.2) is 23.0 Å². The number of likely N-dealkylation sites (tertiary alicyclic amines) is 1. The van der Waals surface area contributed by atoms with Gasteiger partial charge in [0.05, 0.1) is 17.9 Å². The smallest absolute Gasteiger partial charge is 0.257 e. The van der Waals surface area contributed by atoms with Gasteiger partial charge in [0.1, 0.15) is 6.26 Å². The Balaban J connectivity index is 1.46. The highest BCUT2D eigenvalue weighted by atomic mass is 16.5. The summed E-state index contributed by atoms with van der Waals surface area (Å²) >= 11 is 0. The molecule has 1 aliphatic heterocycles. The number of carbonyl (C=O) groups is 1. The minimum absolute atomic E-state index is 0.0811. The Morgan fingerprint density at radius 1 is 1.43 bits per heavy atom. The molecule has 0 aromatic carbocycles. The van der Waals surface area contributed by atoms with Crippen LogP contribution in [-0.4, -0.2) is 48.7 Å². The molecule has 0 unspecified atom stereocenters. The molecule has 1 aromatic rings. The van der Waals surface area contributed by atoms with Crippen molar-refractivity contribution in [2.45, 2.75) is 58.2 Å². The maximum absolute atomic E-state index is 12.3. The number of piperidine rings is 1. The van der Waals surface area contributed by atoms with Crippen LogP contribution in [0, 0.1) is 5.41 Å². The van der Waals surface area contributed by atoms with E-state index in [2.05, 4.69) is 26.1 Å². The van der Waals surface area contributed by atoms with E-state index in [9.17, 15) is 4.79 Å². The summed E-state index contributed by atoms with van der Waals surface area (Å²) in [6.45, 7) is 9.03. The summed E-state index contributed by atoms with van der Waals surface area (Å²) in [5, 5.41) is 3.79. The number of amides is 1. The third-order valence-electron chi connectivity index (χ3n) is 5.53. The topological polar surface area (TPSA) is 54.7 Å². The highest BCUT2D eigenvalue weighted by Crippen LogP contribution is 2.43. The van der Waals surface area contributed by atoms with Gasteiger partial charge in [-0.25, -0.2) is 0 Å². The summed E-state index contributed by atoms with van der Waals surface area (Å²) < 4.78 is 10.8. The molecule has 2 heterocycles. The number of carbonyl (C=O) groups excluding carboxylic acids is 1. The van der Waals surface area contributed by atoms with Crippen LogP contribution in [0.2, 0.25) is 0 Å². The van der Waals surface area contributed by atoms with Gasteiger partial charge >= 0.3 is 0 Å². The number of nitrogens with one attached hydrogen (secondary N) is 1. The molecule has 5 nitrogen and oxygen atoms in total. The van der Waals surface area contributed by atoms with Gasteiger partial charge < -0.3 is 19.4 Å². The van der Waals surface area contributed by atoms with Crippen molar-refractivity contribution in [3.8, 4) is 0 Å². The first-order valence-corrected chi connectivity index (χ1v) is 8.71. The number of rotatable bonds is 5. The van der Waals surface area contributed by atoms with Gasteiger partial charge in [-0.1, -0.05) is 13.8 Å². The molecule has 2 aliphatic rings. The fourth-order valence-electron chi connectivity index (χ4n) is 3.75. The van der Waals surface area contributed by atoms with E-state index >= 15 is 0 Å². The van der Waals surface area contributed by atoms with Gasteiger partial charge in [0.25, 0.3) is 5.91 Å². The molecule has 1 saturated carbocycles.